The number of carbonyl (C=O) groups is 2. The van der Waals surface area contributed by atoms with Gasteiger partial charge in [-0.3, -0.25) is 9.59 Å². The number of likely N-dealkylation sites (tertiary alicyclic amines) is 1. The minimum absolute atomic E-state index is 0.0147. The molecule has 29 heavy (non-hydrogen) atoms. The Morgan fingerprint density at radius 2 is 1.86 bits per heavy atom. The molecule has 6 nitrogen and oxygen atoms in total. The molecule has 0 aliphatic carbocycles. The van der Waals surface area contributed by atoms with Gasteiger partial charge in [-0.05, 0) is 55.2 Å². The van der Waals surface area contributed by atoms with Gasteiger partial charge in [0.25, 0.3) is 11.8 Å². The Morgan fingerprint density at radius 1 is 1.14 bits per heavy atom. The van der Waals surface area contributed by atoms with Gasteiger partial charge < -0.3 is 20.1 Å². The Kier molecular flexibility index (Phi) is 7.11. The van der Waals surface area contributed by atoms with E-state index in [1.54, 1.807) is 17.0 Å². The average molecular weight is 396 g/mol. The summed E-state index contributed by atoms with van der Waals surface area (Å²) in [4.78, 5) is 26.5. The maximum Gasteiger partial charge on any atom is 0.260 e. The number of piperidine rings is 1. The molecule has 1 fully saturated rings. The lowest BCUT2D eigenvalue weighted by molar-refractivity contribution is -0.134. The third kappa shape index (κ3) is 5.98. The predicted octanol–water partition coefficient (Wildman–Crippen LogP) is 3.14. The average Bonchev–Trinajstić information content (AvgIpc) is 2.74. The Bertz CT molecular complexity index is 827. The van der Waals surface area contributed by atoms with Gasteiger partial charge in [0.05, 0.1) is 0 Å². The van der Waals surface area contributed by atoms with Crippen LogP contribution in [0.3, 0.4) is 0 Å². The van der Waals surface area contributed by atoms with Gasteiger partial charge in [0.2, 0.25) is 0 Å². The van der Waals surface area contributed by atoms with Crippen LogP contribution in [0.25, 0.3) is 0 Å². The van der Waals surface area contributed by atoms with Crippen LogP contribution in [0.2, 0.25) is 0 Å². The SMILES string of the molecule is CCCc1ccc(OCC(=O)N2CCC(NC(=O)c3cccc(O)c3)CC2)cc1. The molecule has 0 spiro atoms. The fraction of sp³-hybridized carbons (Fsp3) is 0.391. The van der Waals surface area contributed by atoms with Crippen LogP contribution >= 0.6 is 0 Å². The molecule has 3 rings (SSSR count). The second-order valence-electron chi connectivity index (χ2n) is 7.36. The van der Waals surface area contributed by atoms with E-state index in [2.05, 4.69) is 12.2 Å². The molecule has 0 aromatic heterocycles. The number of carbonyl (C=O) groups excluding carboxylic acids is 2. The molecular formula is C23H28N2O4. The first-order valence-electron chi connectivity index (χ1n) is 10.1. The molecule has 154 valence electrons. The largest absolute Gasteiger partial charge is 0.508 e. The number of nitrogens with zero attached hydrogens (tertiary/aromatic N) is 1. The lowest BCUT2D eigenvalue weighted by Gasteiger charge is -2.32. The van der Waals surface area contributed by atoms with Crippen LogP contribution in [0.15, 0.2) is 48.5 Å². The highest BCUT2D eigenvalue weighted by molar-refractivity contribution is 5.94. The van der Waals surface area contributed by atoms with Crippen LogP contribution in [-0.2, 0) is 11.2 Å². The zero-order chi connectivity index (χ0) is 20.6. The lowest BCUT2D eigenvalue weighted by atomic mass is 10.0. The van der Waals surface area contributed by atoms with Crippen molar-refractivity contribution in [2.75, 3.05) is 19.7 Å². The maximum atomic E-state index is 12.4. The summed E-state index contributed by atoms with van der Waals surface area (Å²) in [6.45, 7) is 3.34. The van der Waals surface area contributed by atoms with Crippen LogP contribution < -0.4 is 10.1 Å². The van der Waals surface area contributed by atoms with Gasteiger partial charge in [0.1, 0.15) is 11.5 Å². The first-order valence-corrected chi connectivity index (χ1v) is 10.1. The van der Waals surface area contributed by atoms with Crippen LogP contribution in [0.5, 0.6) is 11.5 Å². The van der Waals surface area contributed by atoms with E-state index in [9.17, 15) is 14.7 Å². The number of hydrogen-bond acceptors (Lipinski definition) is 4. The van der Waals surface area contributed by atoms with Crippen molar-refractivity contribution in [3.8, 4) is 11.5 Å². The van der Waals surface area contributed by atoms with Crippen molar-refractivity contribution >= 4 is 11.8 Å². The summed E-state index contributed by atoms with van der Waals surface area (Å²) < 4.78 is 5.63. The summed E-state index contributed by atoms with van der Waals surface area (Å²) >= 11 is 0. The summed E-state index contributed by atoms with van der Waals surface area (Å²) in [6, 6.07) is 14.2. The van der Waals surface area contributed by atoms with Crippen molar-refractivity contribution in [2.45, 2.75) is 38.6 Å². The fourth-order valence-electron chi connectivity index (χ4n) is 3.47. The van der Waals surface area contributed by atoms with Crippen LogP contribution in [0.4, 0.5) is 0 Å². The predicted molar refractivity (Wildman–Crippen MR) is 111 cm³/mol. The highest BCUT2D eigenvalue weighted by Crippen LogP contribution is 2.16. The molecule has 0 atom stereocenters. The molecular weight excluding hydrogens is 368 g/mol. The summed E-state index contributed by atoms with van der Waals surface area (Å²) in [6.07, 6.45) is 3.53. The van der Waals surface area contributed by atoms with Gasteiger partial charge in [-0.15, -0.1) is 0 Å². The van der Waals surface area contributed by atoms with Crippen LogP contribution in [-0.4, -0.2) is 47.6 Å². The van der Waals surface area contributed by atoms with Crippen molar-refractivity contribution in [3.63, 3.8) is 0 Å². The molecule has 1 saturated heterocycles. The normalized spacial score (nSPS) is 14.4. The van der Waals surface area contributed by atoms with Crippen molar-refractivity contribution < 1.29 is 19.4 Å². The molecule has 0 saturated carbocycles. The zero-order valence-corrected chi connectivity index (χ0v) is 16.8. The Balaban J connectivity index is 1.41. The lowest BCUT2D eigenvalue weighted by Crippen LogP contribution is -2.47. The summed E-state index contributed by atoms with van der Waals surface area (Å²) in [5, 5.41) is 12.5. The molecule has 0 radical (unpaired) electrons. The molecule has 2 N–H and O–H groups in total. The number of ether oxygens (including phenoxy) is 1. The van der Waals surface area contributed by atoms with E-state index in [1.165, 1.54) is 17.7 Å². The Labute approximate surface area is 171 Å². The number of hydrogen-bond donors (Lipinski definition) is 2. The highest BCUT2D eigenvalue weighted by atomic mass is 16.5. The quantitative estimate of drug-likeness (QED) is 0.754. The summed E-state index contributed by atoms with van der Waals surface area (Å²) in [5.41, 5.74) is 1.70. The van der Waals surface area contributed by atoms with E-state index in [0.717, 1.165) is 12.8 Å². The van der Waals surface area contributed by atoms with E-state index in [0.29, 0.717) is 37.2 Å². The number of nitrogens with one attached hydrogen (secondary N) is 1. The van der Waals surface area contributed by atoms with Crippen molar-refractivity contribution in [3.05, 3.63) is 59.7 Å². The van der Waals surface area contributed by atoms with Gasteiger partial charge >= 0.3 is 0 Å². The van der Waals surface area contributed by atoms with Crippen LogP contribution in [0.1, 0.15) is 42.1 Å². The first kappa shape index (κ1) is 20.7. The number of benzene rings is 2. The molecule has 2 aromatic carbocycles. The van der Waals surface area contributed by atoms with Gasteiger partial charge in [0, 0.05) is 24.7 Å². The van der Waals surface area contributed by atoms with Crippen molar-refractivity contribution in [1.82, 2.24) is 10.2 Å². The van der Waals surface area contributed by atoms with Gasteiger partial charge in [-0.2, -0.15) is 0 Å². The third-order valence-corrected chi connectivity index (χ3v) is 5.12. The minimum atomic E-state index is -0.208. The number of phenols is 1. The van der Waals surface area contributed by atoms with Crippen LogP contribution in [0, 0.1) is 0 Å². The number of amides is 2. The molecule has 0 bridgehead atoms. The Hall–Kier alpha value is -3.02. The first-order chi connectivity index (χ1) is 14.0. The molecule has 6 heteroatoms. The second-order valence-corrected chi connectivity index (χ2v) is 7.36. The molecule has 0 unspecified atom stereocenters. The van der Waals surface area contributed by atoms with E-state index in [4.69, 9.17) is 4.74 Å². The van der Waals surface area contributed by atoms with Gasteiger partial charge in [-0.25, -0.2) is 0 Å². The monoisotopic (exact) mass is 396 g/mol. The maximum absolute atomic E-state index is 12.4. The van der Waals surface area contributed by atoms with E-state index >= 15 is 0 Å². The third-order valence-electron chi connectivity index (χ3n) is 5.12. The number of aryl methyl sites for hydroxylation is 1. The Morgan fingerprint density at radius 3 is 2.52 bits per heavy atom. The number of phenolic OH excluding ortho intramolecular Hbond substituents is 1. The highest BCUT2D eigenvalue weighted by Gasteiger charge is 2.24. The second kappa shape index (κ2) is 9.96. The van der Waals surface area contributed by atoms with Crippen molar-refractivity contribution in [2.24, 2.45) is 0 Å². The smallest absolute Gasteiger partial charge is 0.260 e. The van der Waals surface area contributed by atoms with E-state index in [1.807, 2.05) is 24.3 Å². The molecule has 2 amide bonds. The number of rotatable bonds is 7. The molecule has 1 aliphatic rings. The fourth-order valence-corrected chi connectivity index (χ4v) is 3.47. The standard InChI is InChI=1S/C23H28N2O4/c1-2-4-17-7-9-21(10-8-17)29-16-22(27)25-13-11-19(12-14-25)24-23(28)18-5-3-6-20(26)15-18/h3,5-10,15,19,26H,2,4,11-14,16H2,1H3,(H,24,28). The van der Waals surface area contributed by atoms with E-state index < -0.39 is 0 Å². The molecule has 2 aromatic rings. The molecule has 1 aliphatic heterocycles. The zero-order valence-electron chi connectivity index (χ0n) is 16.8. The topological polar surface area (TPSA) is 78.9 Å². The minimum Gasteiger partial charge on any atom is -0.508 e. The summed E-state index contributed by atoms with van der Waals surface area (Å²) in [7, 11) is 0. The number of aromatic hydroxyl groups is 1. The summed E-state index contributed by atoms with van der Waals surface area (Å²) in [5.74, 6) is 0.519. The van der Waals surface area contributed by atoms with Gasteiger partial charge in [0.15, 0.2) is 6.61 Å². The molecule has 1 heterocycles. The van der Waals surface area contributed by atoms with Gasteiger partial charge in [-0.1, -0.05) is 31.5 Å². The van der Waals surface area contributed by atoms with E-state index in [-0.39, 0.29) is 30.2 Å². The van der Waals surface area contributed by atoms with Crippen molar-refractivity contribution in [1.29, 1.82) is 0 Å².